The Hall–Kier alpha value is -1.46. The molecule has 0 radical (unpaired) electrons. The standard InChI is InChI=1S/C16H23N3OS/c1-11(10-21-2)8-19-16(20)14(17)7-12-9-18-15-6-4-3-5-13(12)15/h3-6,9,11,14,18H,7-8,10,17H2,1-2H3,(H,19,20). The van der Waals surface area contributed by atoms with Crippen LogP contribution in [0.3, 0.4) is 0 Å². The zero-order chi connectivity index (χ0) is 15.2. The number of nitrogens with two attached hydrogens (primary N) is 1. The van der Waals surface area contributed by atoms with Crippen LogP contribution in [0.2, 0.25) is 0 Å². The highest BCUT2D eigenvalue weighted by Crippen LogP contribution is 2.18. The minimum Gasteiger partial charge on any atom is -0.361 e. The third-order valence-corrected chi connectivity index (χ3v) is 4.43. The van der Waals surface area contributed by atoms with Crippen molar-refractivity contribution in [3.8, 4) is 0 Å². The number of aromatic nitrogens is 1. The molecule has 1 aromatic heterocycles. The van der Waals surface area contributed by atoms with Gasteiger partial charge >= 0.3 is 0 Å². The van der Waals surface area contributed by atoms with Crippen LogP contribution in [0.25, 0.3) is 10.9 Å². The number of thioether (sulfide) groups is 1. The molecular formula is C16H23N3OS. The second-order valence-corrected chi connectivity index (χ2v) is 6.39. The molecule has 2 aromatic rings. The number of hydrogen-bond donors (Lipinski definition) is 3. The molecule has 1 heterocycles. The summed E-state index contributed by atoms with van der Waals surface area (Å²) in [5.41, 5.74) is 8.19. The summed E-state index contributed by atoms with van der Waals surface area (Å²) >= 11 is 1.79. The van der Waals surface area contributed by atoms with Crippen molar-refractivity contribution in [1.82, 2.24) is 10.3 Å². The quantitative estimate of drug-likeness (QED) is 0.734. The van der Waals surface area contributed by atoms with Crippen LogP contribution in [0, 0.1) is 5.92 Å². The minimum absolute atomic E-state index is 0.0757. The molecule has 0 aliphatic carbocycles. The van der Waals surface area contributed by atoms with Crippen LogP contribution in [0.1, 0.15) is 12.5 Å². The first-order valence-electron chi connectivity index (χ1n) is 7.19. The smallest absolute Gasteiger partial charge is 0.237 e. The number of aromatic amines is 1. The molecule has 0 aliphatic rings. The molecule has 1 amide bonds. The number of amides is 1. The average Bonchev–Trinajstić information content (AvgIpc) is 2.88. The Bertz CT molecular complexity index is 596. The number of rotatable bonds is 7. The molecule has 21 heavy (non-hydrogen) atoms. The van der Waals surface area contributed by atoms with Gasteiger partial charge in [-0.3, -0.25) is 4.79 Å². The highest BCUT2D eigenvalue weighted by Gasteiger charge is 2.16. The van der Waals surface area contributed by atoms with E-state index in [4.69, 9.17) is 5.73 Å². The van der Waals surface area contributed by atoms with Crippen molar-refractivity contribution < 1.29 is 4.79 Å². The van der Waals surface area contributed by atoms with E-state index in [0.29, 0.717) is 18.9 Å². The second-order valence-electron chi connectivity index (χ2n) is 5.48. The van der Waals surface area contributed by atoms with Crippen molar-refractivity contribution in [3.63, 3.8) is 0 Å². The van der Waals surface area contributed by atoms with Crippen LogP contribution < -0.4 is 11.1 Å². The van der Waals surface area contributed by atoms with Gasteiger partial charge in [0.1, 0.15) is 0 Å². The lowest BCUT2D eigenvalue weighted by Gasteiger charge is -2.15. The Morgan fingerprint density at radius 2 is 2.19 bits per heavy atom. The van der Waals surface area contributed by atoms with E-state index in [9.17, 15) is 4.79 Å². The summed E-state index contributed by atoms with van der Waals surface area (Å²) < 4.78 is 0. The minimum atomic E-state index is -0.509. The highest BCUT2D eigenvalue weighted by molar-refractivity contribution is 7.98. The molecule has 2 unspecified atom stereocenters. The van der Waals surface area contributed by atoms with Crippen LogP contribution in [-0.2, 0) is 11.2 Å². The van der Waals surface area contributed by atoms with Gasteiger partial charge in [0.2, 0.25) is 5.91 Å². The lowest BCUT2D eigenvalue weighted by molar-refractivity contribution is -0.122. The summed E-state index contributed by atoms with van der Waals surface area (Å²) in [7, 11) is 0. The van der Waals surface area contributed by atoms with E-state index in [1.165, 1.54) is 0 Å². The van der Waals surface area contributed by atoms with E-state index in [1.807, 2.05) is 30.5 Å². The Balaban J connectivity index is 1.91. The van der Waals surface area contributed by atoms with Gasteiger partial charge in [-0.25, -0.2) is 0 Å². The molecule has 0 fully saturated rings. The SMILES string of the molecule is CSCC(C)CNC(=O)C(N)Cc1c[nH]c2ccccc12. The van der Waals surface area contributed by atoms with Gasteiger partial charge in [0.05, 0.1) is 6.04 Å². The van der Waals surface area contributed by atoms with Crippen molar-refractivity contribution in [2.24, 2.45) is 11.7 Å². The Morgan fingerprint density at radius 1 is 1.43 bits per heavy atom. The lowest BCUT2D eigenvalue weighted by Crippen LogP contribution is -2.43. The summed E-state index contributed by atoms with van der Waals surface area (Å²) in [5, 5.41) is 4.08. The van der Waals surface area contributed by atoms with Gasteiger partial charge in [0, 0.05) is 23.6 Å². The Morgan fingerprint density at radius 3 is 2.95 bits per heavy atom. The van der Waals surface area contributed by atoms with E-state index in [0.717, 1.165) is 22.2 Å². The van der Waals surface area contributed by atoms with Crippen LogP contribution in [-0.4, -0.2) is 35.5 Å². The molecule has 4 N–H and O–H groups in total. The van der Waals surface area contributed by atoms with Crippen LogP contribution in [0.4, 0.5) is 0 Å². The van der Waals surface area contributed by atoms with Gasteiger partial charge < -0.3 is 16.0 Å². The van der Waals surface area contributed by atoms with Crippen molar-refractivity contribution in [1.29, 1.82) is 0 Å². The zero-order valence-electron chi connectivity index (χ0n) is 12.6. The molecule has 4 nitrogen and oxygen atoms in total. The summed E-state index contributed by atoms with van der Waals surface area (Å²) in [4.78, 5) is 15.3. The van der Waals surface area contributed by atoms with Crippen LogP contribution in [0.15, 0.2) is 30.5 Å². The van der Waals surface area contributed by atoms with Crippen molar-refractivity contribution in [2.45, 2.75) is 19.4 Å². The van der Waals surface area contributed by atoms with Crippen LogP contribution >= 0.6 is 11.8 Å². The first-order chi connectivity index (χ1) is 10.1. The van der Waals surface area contributed by atoms with Crippen LogP contribution in [0.5, 0.6) is 0 Å². The highest BCUT2D eigenvalue weighted by atomic mass is 32.2. The van der Waals surface area contributed by atoms with Gasteiger partial charge in [-0.2, -0.15) is 11.8 Å². The molecule has 2 rings (SSSR count). The second kappa shape index (κ2) is 7.52. The molecule has 2 atom stereocenters. The number of fused-ring (bicyclic) bond motifs is 1. The first kappa shape index (κ1) is 15.9. The molecular weight excluding hydrogens is 282 g/mol. The predicted octanol–water partition coefficient (Wildman–Crippen LogP) is 2.15. The Kier molecular flexibility index (Phi) is 5.70. The van der Waals surface area contributed by atoms with Gasteiger partial charge in [-0.05, 0) is 36.0 Å². The van der Waals surface area contributed by atoms with E-state index in [2.05, 4.69) is 23.5 Å². The maximum atomic E-state index is 12.1. The number of benzene rings is 1. The van der Waals surface area contributed by atoms with Crippen molar-refractivity contribution in [3.05, 3.63) is 36.0 Å². The van der Waals surface area contributed by atoms with E-state index >= 15 is 0 Å². The van der Waals surface area contributed by atoms with Gasteiger partial charge in [-0.1, -0.05) is 25.1 Å². The van der Waals surface area contributed by atoms with Crippen molar-refractivity contribution >= 4 is 28.6 Å². The average molecular weight is 305 g/mol. The summed E-state index contributed by atoms with van der Waals surface area (Å²) in [6.07, 6.45) is 4.56. The zero-order valence-corrected chi connectivity index (χ0v) is 13.4. The van der Waals surface area contributed by atoms with Gasteiger partial charge in [-0.15, -0.1) is 0 Å². The van der Waals surface area contributed by atoms with E-state index < -0.39 is 6.04 Å². The molecule has 0 saturated heterocycles. The van der Waals surface area contributed by atoms with Crippen molar-refractivity contribution in [2.75, 3.05) is 18.6 Å². The first-order valence-corrected chi connectivity index (χ1v) is 8.58. The number of carbonyl (C=O) groups is 1. The number of hydrogen-bond acceptors (Lipinski definition) is 3. The number of H-pyrrole nitrogens is 1. The molecule has 0 aliphatic heterocycles. The normalized spacial score (nSPS) is 14.0. The Labute approximate surface area is 129 Å². The van der Waals surface area contributed by atoms with E-state index in [1.54, 1.807) is 11.8 Å². The third kappa shape index (κ3) is 4.25. The summed E-state index contributed by atoms with van der Waals surface area (Å²) in [6, 6.07) is 7.55. The number of carbonyl (C=O) groups excluding carboxylic acids is 1. The fraction of sp³-hybridized carbons (Fsp3) is 0.438. The number of para-hydroxylation sites is 1. The summed E-state index contributed by atoms with van der Waals surface area (Å²) in [5.74, 6) is 1.43. The molecule has 0 spiro atoms. The third-order valence-electron chi connectivity index (χ3n) is 3.53. The molecule has 1 aromatic carbocycles. The maximum absolute atomic E-state index is 12.1. The van der Waals surface area contributed by atoms with Gasteiger partial charge in [0.15, 0.2) is 0 Å². The topological polar surface area (TPSA) is 70.9 Å². The van der Waals surface area contributed by atoms with Gasteiger partial charge in [0.25, 0.3) is 0 Å². The molecule has 0 saturated carbocycles. The summed E-state index contributed by atoms with van der Waals surface area (Å²) in [6.45, 7) is 2.81. The lowest BCUT2D eigenvalue weighted by atomic mass is 10.0. The fourth-order valence-corrected chi connectivity index (χ4v) is 3.07. The largest absolute Gasteiger partial charge is 0.361 e. The predicted molar refractivity (Wildman–Crippen MR) is 90.5 cm³/mol. The van der Waals surface area contributed by atoms with E-state index in [-0.39, 0.29) is 5.91 Å². The monoisotopic (exact) mass is 305 g/mol. The maximum Gasteiger partial charge on any atom is 0.237 e. The fourth-order valence-electron chi connectivity index (χ4n) is 2.38. The molecule has 114 valence electrons. The number of nitrogens with one attached hydrogen (secondary N) is 2. The molecule has 5 heteroatoms. The molecule has 0 bridgehead atoms.